The average Bonchev–Trinajstić information content (AvgIpc) is 2.33. The Labute approximate surface area is 106 Å². The Morgan fingerprint density at radius 2 is 1.67 bits per heavy atom. The number of esters is 2. The highest BCUT2D eigenvalue weighted by Gasteiger charge is 2.30. The third kappa shape index (κ3) is 5.58. The van der Waals surface area contributed by atoms with Gasteiger partial charge in [0.1, 0.15) is 12.4 Å². The monoisotopic (exact) mass is 258 g/mol. The number of carbonyl (C=O) groups excluding carboxylic acids is 3. The fraction of sp³-hybridized carbons (Fsp3) is 0.583. The molecule has 0 aliphatic heterocycles. The summed E-state index contributed by atoms with van der Waals surface area (Å²) in [6.07, 6.45) is 1.85. The molecule has 0 saturated carbocycles. The van der Waals surface area contributed by atoms with Gasteiger partial charge in [-0.2, -0.15) is 0 Å². The summed E-state index contributed by atoms with van der Waals surface area (Å²) in [6.45, 7) is 3.98. The fourth-order valence-corrected chi connectivity index (χ4v) is 0.864. The zero-order valence-electron chi connectivity index (χ0n) is 10.8. The molecule has 1 N–H and O–H groups in total. The topological polar surface area (TPSA) is 89.9 Å². The van der Waals surface area contributed by atoms with Gasteiger partial charge in [0.25, 0.3) is 0 Å². The van der Waals surface area contributed by atoms with Crippen LogP contribution in [-0.4, -0.2) is 42.6 Å². The molecule has 102 valence electrons. The Hall–Kier alpha value is -1.69. The van der Waals surface area contributed by atoms with Gasteiger partial charge in [-0.05, 0) is 20.8 Å². The summed E-state index contributed by atoms with van der Waals surface area (Å²) in [5, 5.41) is 9.05. The van der Waals surface area contributed by atoms with Crippen LogP contribution in [0, 0.1) is 5.41 Å². The number of ketones is 1. The van der Waals surface area contributed by atoms with E-state index in [1.807, 2.05) is 0 Å². The van der Waals surface area contributed by atoms with Crippen LogP contribution in [-0.2, 0) is 23.9 Å². The Bertz CT molecular complexity index is 346. The molecule has 0 aromatic heterocycles. The number of Topliss-reactive ketones (excluding diaryl/α,β-unsaturated/α-hetero) is 1. The number of hydrogen-bond donors (Lipinski definition) is 1. The van der Waals surface area contributed by atoms with Crippen LogP contribution in [0.5, 0.6) is 0 Å². The van der Waals surface area contributed by atoms with Crippen molar-refractivity contribution in [3.05, 3.63) is 12.2 Å². The van der Waals surface area contributed by atoms with E-state index in [9.17, 15) is 14.4 Å². The summed E-state index contributed by atoms with van der Waals surface area (Å²) in [5.74, 6) is -1.71. The Morgan fingerprint density at radius 1 is 1.17 bits per heavy atom. The summed E-state index contributed by atoms with van der Waals surface area (Å²) in [4.78, 5) is 33.3. The third-order valence-corrected chi connectivity index (χ3v) is 2.37. The summed E-state index contributed by atoms with van der Waals surface area (Å²) in [6, 6.07) is 0. The molecule has 0 aromatic carbocycles. The van der Waals surface area contributed by atoms with E-state index in [1.54, 1.807) is 6.92 Å². The minimum atomic E-state index is -1.12. The van der Waals surface area contributed by atoms with Crippen LogP contribution in [0.1, 0.15) is 20.8 Å². The van der Waals surface area contributed by atoms with Crippen LogP contribution in [0.25, 0.3) is 0 Å². The maximum absolute atomic E-state index is 11.2. The summed E-state index contributed by atoms with van der Waals surface area (Å²) in [5.41, 5.74) is -1.12. The maximum atomic E-state index is 11.2. The van der Waals surface area contributed by atoms with Crippen LogP contribution < -0.4 is 0 Å². The first-order valence-corrected chi connectivity index (χ1v) is 5.49. The molecule has 6 heteroatoms. The minimum Gasteiger partial charge on any atom is -0.463 e. The molecule has 0 fully saturated rings. The van der Waals surface area contributed by atoms with Crippen LogP contribution in [0.3, 0.4) is 0 Å². The van der Waals surface area contributed by atoms with Crippen LogP contribution >= 0.6 is 0 Å². The Morgan fingerprint density at radius 3 is 2.06 bits per heavy atom. The summed E-state index contributed by atoms with van der Waals surface area (Å²) < 4.78 is 9.34. The number of hydrogen-bond acceptors (Lipinski definition) is 6. The Balaban J connectivity index is 4.26. The molecule has 0 radical (unpaired) electrons. The second kappa shape index (κ2) is 7.60. The second-order valence-electron chi connectivity index (χ2n) is 3.97. The molecule has 0 spiro atoms. The first-order chi connectivity index (χ1) is 8.35. The van der Waals surface area contributed by atoms with Crippen molar-refractivity contribution in [2.75, 3.05) is 19.8 Å². The van der Waals surface area contributed by atoms with Gasteiger partial charge in [-0.25, -0.2) is 9.59 Å². The second-order valence-corrected chi connectivity index (χ2v) is 3.97. The third-order valence-electron chi connectivity index (χ3n) is 2.37. The predicted molar refractivity (Wildman–Crippen MR) is 62.6 cm³/mol. The zero-order chi connectivity index (χ0) is 14.2. The van der Waals surface area contributed by atoms with Crippen molar-refractivity contribution in [2.45, 2.75) is 20.8 Å². The van der Waals surface area contributed by atoms with Crippen molar-refractivity contribution < 1.29 is 29.0 Å². The summed E-state index contributed by atoms with van der Waals surface area (Å²) in [7, 11) is 0. The quantitative estimate of drug-likeness (QED) is 0.519. The predicted octanol–water partition coefficient (Wildman–Crippen LogP) is 0.237. The van der Waals surface area contributed by atoms with Gasteiger partial charge in [0.05, 0.1) is 18.6 Å². The minimum absolute atomic E-state index is 0.213. The van der Waals surface area contributed by atoms with Crippen molar-refractivity contribution in [2.24, 2.45) is 5.41 Å². The SMILES string of the molecule is CCOC(=O)/C=C/C(=O)OCC(C)(CO)C(C)=O. The largest absolute Gasteiger partial charge is 0.463 e. The van der Waals surface area contributed by atoms with E-state index < -0.39 is 24.0 Å². The van der Waals surface area contributed by atoms with Crippen LogP contribution in [0.4, 0.5) is 0 Å². The molecule has 1 atom stereocenters. The highest BCUT2D eigenvalue weighted by Crippen LogP contribution is 2.17. The highest BCUT2D eigenvalue weighted by atomic mass is 16.5. The maximum Gasteiger partial charge on any atom is 0.331 e. The van der Waals surface area contributed by atoms with E-state index in [2.05, 4.69) is 4.74 Å². The molecule has 0 saturated heterocycles. The van der Waals surface area contributed by atoms with E-state index in [1.165, 1.54) is 13.8 Å². The van der Waals surface area contributed by atoms with E-state index in [0.29, 0.717) is 0 Å². The van der Waals surface area contributed by atoms with E-state index >= 15 is 0 Å². The standard InChI is InChI=1S/C12H18O6/c1-4-17-10(15)5-6-11(16)18-8-12(3,7-13)9(2)14/h5-6,13H,4,7-8H2,1-3H3/b6-5+. The van der Waals surface area contributed by atoms with Gasteiger partial charge in [-0.3, -0.25) is 4.79 Å². The van der Waals surface area contributed by atoms with Crippen molar-refractivity contribution in [1.82, 2.24) is 0 Å². The van der Waals surface area contributed by atoms with Crippen LogP contribution in [0.2, 0.25) is 0 Å². The molecular formula is C12H18O6. The lowest BCUT2D eigenvalue weighted by atomic mass is 9.88. The van der Waals surface area contributed by atoms with Crippen molar-refractivity contribution in [3.8, 4) is 0 Å². The van der Waals surface area contributed by atoms with Crippen molar-refractivity contribution in [1.29, 1.82) is 0 Å². The fourth-order valence-electron chi connectivity index (χ4n) is 0.864. The van der Waals surface area contributed by atoms with Crippen molar-refractivity contribution in [3.63, 3.8) is 0 Å². The molecule has 0 heterocycles. The molecule has 6 nitrogen and oxygen atoms in total. The lowest BCUT2D eigenvalue weighted by Crippen LogP contribution is -2.35. The first kappa shape index (κ1) is 16.3. The smallest absolute Gasteiger partial charge is 0.331 e. The van der Waals surface area contributed by atoms with Crippen molar-refractivity contribution >= 4 is 17.7 Å². The lowest BCUT2D eigenvalue weighted by molar-refractivity contribution is -0.146. The molecule has 0 aliphatic carbocycles. The Kier molecular flexibility index (Phi) is 6.89. The van der Waals surface area contributed by atoms with Gasteiger partial charge < -0.3 is 14.6 Å². The number of aliphatic hydroxyl groups excluding tert-OH is 1. The number of aliphatic hydroxyl groups is 1. The van der Waals surface area contributed by atoms with Gasteiger partial charge in [0.2, 0.25) is 0 Å². The van der Waals surface area contributed by atoms with Gasteiger partial charge in [0, 0.05) is 12.2 Å². The molecule has 0 bridgehead atoms. The number of ether oxygens (including phenoxy) is 2. The molecular weight excluding hydrogens is 240 g/mol. The van der Waals surface area contributed by atoms with Gasteiger partial charge in [0.15, 0.2) is 0 Å². The first-order valence-electron chi connectivity index (χ1n) is 5.49. The summed E-state index contributed by atoms with van der Waals surface area (Å²) >= 11 is 0. The lowest BCUT2D eigenvalue weighted by Gasteiger charge is -2.22. The number of carbonyl (C=O) groups is 3. The molecule has 18 heavy (non-hydrogen) atoms. The molecule has 0 aromatic rings. The molecule has 1 unspecified atom stereocenters. The molecule has 0 amide bonds. The number of rotatable bonds is 7. The van der Waals surface area contributed by atoms with Gasteiger partial charge in [-0.15, -0.1) is 0 Å². The van der Waals surface area contributed by atoms with Gasteiger partial charge in [-0.1, -0.05) is 0 Å². The van der Waals surface area contributed by atoms with Crippen LogP contribution in [0.15, 0.2) is 12.2 Å². The van der Waals surface area contributed by atoms with E-state index in [4.69, 9.17) is 9.84 Å². The average molecular weight is 258 g/mol. The normalized spacial score (nSPS) is 14.0. The molecule has 0 rings (SSSR count). The zero-order valence-corrected chi connectivity index (χ0v) is 10.8. The van der Waals surface area contributed by atoms with E-state index in [-0.39, 0.29) is 19.0 Å². The van der Waals surface area contributed by atoms with E-state index in [0.717, 1.165) is 12.2 Å². The molecule has 0 aliphatic rings. The highest BCUT2D eigenvalue weighted by molar-refractivity contribution is 5.91. The van der Waals surface area contributed by atoms with Gasteiger partial charge >= 0.3 is 11.9 Å².